The number of hydrogen-bond donors (Lipinski definition) is 1. The number of carbonyl (C=O) groups is 1. The van der Waals surface area contributed by atoms with Crippen LogP contribution in [0.25, 0.3) is 0 Å². The Morgan fingerprint density at radius 2 is 2.21 bits per heavy atom. The van der Waals surface area contributed by atoms with Gasteiger partial charge in [-0.1, -0.05) is 11.6 Å². The first kappa shape index (κ1) is 14.0. The fourth-order valence-corrected chi connectivity index (χ4v) is 2.94. The molecule has 1 saturated heterocycles. The fourth-order valence-electron chi connectivity index (χ4n) is 2.61. The molecule has 1 aromatic carbocycles. The molecule has 19 heavy (non-hydrogen) atoms. The topological polar surface area (TPSA) is 55.6 Å². The quantitative estimate of drug-likeness (QED) is 0.669. The van der Waals surface area contributed by atoms with E-state index in [2.05, 4.69) is 11.8 Å². The fraction of sp³-hybridized carbons (Fsp3) is 0.500. The molecule has 1 aliphatic rings. The minimum absolute atomic E-state index is 0.360. The lowest BCUT2D eigenvalue weighted by Crippen LogP contribution is -2.38. The van der Waals surface area contributed by atoms with Gasteiger partial charge in [0.15, 0.2) is 0 Å². The Morgan fingerprint density at radius 3 is 2.84 bits per heavy atom. The van der Waals surface area contributed by atoms with Gasteiger partial charge in [0.05, 0.1) is 23.4 Å². The average molecular weight is 283 g/mol. The summed E-state index contributed by atoms with van der Waals surface area (Å²) in [7, 11) is 1.36. The van der Waals surface area contributed by atoms with Crippen molar-refractivity contribution in [3.63, 3.8) is 0 Å². The summed E-state index contributed by atoms with van der Waals surface area (Å²) < 4.78 is 4.83. The van der Waals surface area contributed by atoms with Crippen molar-refractivity contribution < 1.29 is 9.53 Å². The van der Waals surface area contributed by atoms with Crippen LogP contribution in [-0.2, 0) is 4.74 Å². The van der Waals surface area contributed by atoms with Gasteiger partial charge in [-0.3, -0.25) is 0 Å². The molecule has 1 aromatic rings. The molecule has 0 aromatic heterocycles. The maximum atomic E-state index is 11.9. The minimum Gasteiger partial charge on any atom is -0.465 e. The zero-order valence-corrected chi connectivity index (χ0v) is 12.0. The van der Waals surface area contributed by atoms with Crippen LogP contribution in [0, 0.1) is 0 Å². The van der Waals surface area contributed by atoms with Crippen molar-refractivity contribution in [1.29, 1.82) is 0 Å². The van der Waals surface area contributed by atoms with Gasteiger partial charge in [-0.25, -0.2) is 4.79 Å². The molecule has 0 radical (unpaired) electrons. The molecular formula is C14H19ClN2O2. The minimum atomic E-state index is -0.401. The van der Waals surface area contributed by atoms with Crippen molar-refractivity contribution >= 4 is 28.9 Å². The molecule has 2 N–H and O–H groups in total. The number of ether oxygens (including phenoxy) is 1. The molecule has 0 bridgehead atoms. The SMILES string of the molecule is COC(=O)c1cc(N)cc(Cl)c1N1CCCCC1C. The molecule has 0 amide bonds. The second-order valence-corrected chi connectivity index (χ2v) is 5.34. The first-order chi connectivity index (χ1) is 9.04. The summed E-state index contributed by atoms with van der Waals surface area (Å²) in [6, 6.07) is 3.68. The van der Waals surface area contributed by atoms with Gasteiger partial charge in [0, 0.05) is 18.3 Å². The van der Waals surface area contributed by atoms with Crippen LogP contribution >= 0.6 is 11.6 Å². The smallest absolute Gasteiger partial charge is 0.340 e. The highest BCUT2D eigenvalue weighted by atomic mass is 35.5. The van der Waals surface area contributed by atoms with Crippen LogP contribution in [0.4, 0.5) is 11.4 Å². The van der Waals surface area contributed by atoms with Crippen molar-refractivity contribution in [3.8, 4) is 0 Å². The summed E-state index contributed by atoms with van der Waals surface area (Å²) in [5, 5.41) is 0.508. The summed E-state index contributed by atoms with van der Waals surface area (Å²) in [6.07, 6.45) is 3.41. The van der Waals surface area contributed by atoms with Gasteiger partial charge in [0.25, 0.3) is 0 Å². The molecule has 1 heterocycles. The number of nitrogens with zero attached hydrogens (tertiary/aromatic N) is 1. The summed E-state index contributed by atoms with van der Waals surface area (Å²) in [4.78, 5) is 14.1. The molecular weight excluding hydrogens is 264 g/mol. The summed E-state index contributed by atoms with van der Waals surface area (Å²) >= 11 is 6.30. The van der Waals surface area contributed by atoms with Crippen molar-refractivity contribution in [2.24, 2.45) is 0 Å². The number of nitrogens with two attached hydrogens (primary N) is 1. The molecule has 1 unspecified atom stereocenters. The van der Waals surface area contributed by atoms with E-state index in [4.69, 9.17) is 22.1 Å². The van der Waals surface area contributed by atoms with Crippen LogP contribution in [0.3, 0.4) is 0 Å². The lowest BCUT2D eigenvalue weighted by molar-refractivity contribution is 0.0601. The highest BCUT2D eigenvalue weighted by molar-refractivity contribution is 6.34. The Bertz CT molecular complexity index is 491. The number of esters is 1. The number of methoxy groups -OCH3 is 1. The Kier molecular flexibility index (Phi) is 4.20. The van der Waals surface area contributed by atoms with Gasteiger partial charge in [-0.15, -0.1) is 0 Å². The molecule has 2 rings (SSSR count). The molecule has 0 aliphatic carbocycles. The molecule has 0 spiro atoms. The summed E-state index contributed by atoms with van der Waals surface area (Å²) in [6.45, 7) is 3.04. The maximum absolute atomic E-state index is 11.9. The predicted molar refractivity (Wildman–Crippen MR) is 77.9 cm³/mol. The third kappa shape index (κ3) is 2.78. The maximum Gasteiger partial charge on any atom is 0.340 e. The number of nitrogen functional groups attached to an aromatic ring is 1. The van der Waals surface area contributed by atoms with Gasteiger partial charge < -0.3 is 15.4 Å². The lowest BCUT2D eigenvalue weighted by Gasteiger charge is -2.37. The Balaban J connectivity index is 2.50. The first-order valence-electron chi connectivity index (χ1n) is 6.48. The Morgan fingerprint density at radius 1 is 1.47 bits per heavy atom. The van der Waals surface area contributed by atoms with Gasteiger partial charge in [0.2, 0.25) is 0 Å². The Hall–Kier alpha value is -1.42. The van der Waals surface area contributed by atoms with Crippen LogP contribution in [0.5, 0.6) is 0 Å². The van der Waals surface area contributed by atoms with Crippen molar-refractivity contribution in [2.75, 3.05) is 24.3 Å². The van der Waals surface area contributed by atoms with E-state index in [-0.39, 0.29) is 0 Å². The number of anilines is 2. The predicted octanol–water partition coefficient (Wildman–Crippen LogP) is 3.09. The van der Waals surface area contributed by atoms with Crippen LogP contribution in [0.1, 0.15) is 36.5 Å². The van der Waals surface area contributed by atoms with Crippen molar-refractivity contribution in [3.05, 3.63) is 22.7 Å². The van der Waals surface area contributed by atoms with E-state index in [0.29, 0.717) is 22.3 Å². The second kappa shape index (κ2) is 5.70. The van der Waals surface area contributed by atoms with Gasteiger partial charge >= 0.3 is 5.97 Å². The number of piperidine rings is 1. The average Bonchev–Trinajstić information content (AvgIpc) is 2.38. The Labute approximate surface area is 118 Å². The second-order valence-electron chi connectivity index (χ2n) is 4.93. The largest absolute Gasteiger partial charge is 0.465 e. The standard InChI is InChI=1S/C14H19ClN2O2/c1-9-5-3-4-6-17(9)13-11(14(18)19-2)7-10(16)8-12(13)15/h7-9H,3-6,16H2,1-2H3. The van der Waals surface area contributed by atoms with E-state index in [0.717, 1.165) is 25.1 Å². The van der Waals surface area contributed by atoms with Gasteiger partial charge in [0.1, 0.15) is 0 Å². The van der Waals surface area contributed by atoms with Crippen LogP contribution in [0.15, 0.2) is 12.1 Å². The van der Waals surface area contributed by atoms with E-state index in [1.165, 1.54) is 13.5 Å². The van der Waals surface area contributed by atoms with Crippen LogP contribution in [-0.4, -0.2) is 25.7 Å². The summed E-state index contributed by atoms with van der Waals surface area (Å²) in [5.74, 6) is -0.401. The van der Waals surface area contributed by atoms with E-state index in [9.17, 15) is 4.79 Å². The zero-order valence-electron chi connectivity index (χ0n) is 11.3. The van der Waals surface area contributed by atoms with Gasteiger partial charge in [-0.05, 0) is 38.3 Å². The lowest BCUT2D eigenvalue weighted by atomic mass is 10.0. The monoisotopic (exact) mass is 282 g/mol. The third-order valence-corrected chi connectivity index (χ3v) is 3.87. The molecule has 5 heteroatoms. The number of halogens is 1. The highest BCUT2D eigenvalue weighted by Gasteiger charge is 2.26. The van der Waals surface area contributed by atoms with Crippen molar-refractivity contribution in [1.82, 2.24) is 0 Å². The number of hydrogen-bond acceptors (Lipinski definition) is 4. The third-order valence-electron chi connectivity index (χ3n) is 3.58. The van der Waals surface area contributed by atoms with E-state index in [1.54, 1.807) is 12.1 Å². The molecule has 1 aliphatic heterocycles. The van der Waals surface area contributed by atoms with Crippen LogP contribution < -0.4 is 10.6 Å². The zero-order chi connectivity index (χ0) is 14.0. The normalized spacial score (nSPS) is 19.3. The first-order valence-corrected chi connectivity index (χ1v) is 6.86. The summed E-state index contributed by atoms with van der Waals surface area (Å²) in [5.41, 5.74) is 7.44. The number of rotatable bonds is 2. The molecule has 104 valence electrons. The van der Waals surface area contributed by atoms with E-state index >= 15 is 0 Å². The highest BCUT2D eigenvalue weighted by Crippen LogP contribution is 2.36. The number of benzene rings is 1. The molecule has 0 saturated carbocycles. The van der Waals surface area contributed by atoms with Gasteiger partial charge in [-0.2, -0.15) is 0 Å². The van der Waals surface area contributed by atoms with E-state index < -0.39 is 5.97 Å². The van der Waals surface area contributed by atoms with Crippen LogP contribution in [0.2, 0.25) is 5.02 Å². The molecule has 1 atom stereocenters. The molecule has 1 fully saturated rings. The van der Waals surface area contributed by atoms with Crippen molar-refractivity contribution in [2.45, 2.75) is 32.2 Å². The number of carbonyl (C=O) groups excluding carboxylic acids is 1. The molecule has 4 nitrogen and oxygen atoms in total. The van der Waals surface area contributed by atoms with E-state index in [1.807, 2.05) is 0 Å².